The first-order valence-corrected chi connectivity index (χ1v) is 5.29. The van der Waals surface area contributed by atoms with Gasteiger partial charge in [-0.05, 0) is 26.2 Å². The summed E-state index contributed by atoms with van der Waals surface area (Å²) in [6.45, 7) is 9.47. The number of methoxy groups -OCH3 is 1. The highest BCUT2D eigenvalue weighted by Crippen LogP contribution is 2.32. The van der Waals surface area contributed by atoms with Crippen LogP contribution in [-0.2, 0) is 4.74 Å². The number of hydrogen-bond donors (Lipinski definition) is 0. The molecular weight excluding hydrogens is 162 g/mol. The Balaban J connectivity index is 4.76. The summed E-state index contributed by atoms with van der Waals surface area (Å²) in [6.07, 6.45) is 3.31. The molecule has 0 aromatic carbocycles. The largest absolute Gasteiger partial charge is 0.484 e. The Morgan fingerprint density at radius 1 is 1.08 bits per heavy atom. The van der Waals surface area contributed by atoms with E-state index in [1.54, 1.807) is 7.11 Å². The Morgan fingerprint density at radius 2 is 1.54 bits per heavy atom. The van der Waals surface area contributed by atoms with Crippen molar-refractivity contribution in [3.8, 4) is 0 Å². The second-order valence-corrected chi connectivity index (χ2v) is 3.32. The van der Waals surface area contributed by atoms with E-state index in [2.05, 4.69) is 25.8 Å². The van der Waals surface area contributed by atoms with Crippen LogP contribution in [0.5, 0.6) is 0 Å². The normalized spacial score (nSPS) is 13.2. The molecule has 0 saturated heterocycles. The molecule has 0 N–H and O–H groups in total. The fourth-order valence-electron chi connectivity index (χ4n) is 1.80. The molecule has 0 heterocycles. The summed E-state index contributed by atoms with van der Waals surface area (Å²) in [6, 6.07) is 0. The Morgan fingerprint density at radius 3 is 1.77 bits per heavy atom. The van der Waals surface area contributed by atoms with E-state index in [1.807, 2.05) is 6.92 Å². The fraction of sp³-hybridized carbons (Fsp3) is 0.909. The number of nitrogens with zero attached hydrogens (tertiary/aromatic N) is 1. The Bertz CT molecular complexity index is 151. The minimum absolute atomic E-state index is 0.171. The highest BCUT2D eigenvalue weighted by Gasteiger charge is 2.31. The van der Waals surface area contributed by atoms with E-state index in [4.69, 9.17) is 4.74 Å². The maximum atomic E-state index is 5.38. The molecule has 2 nitrogen and oxygen atoms in total. The van der Waals surface area contributed by atoms with E-state index in [9.17, 15) is 0 Å². The fourth-order valence-corrected chi connectivity index (χ4v) is 1.80. The molecular formula is C11H23NO. The van der Waals surface area contributed by atoms with Gasteiger partial charge in [-0.25, -0.2) is 0 Å². The van der Waals surface area contributed by atoms with Crippen LogP contribution in [0.15, 0.2) is 4.99 Å². The lowest BCUT2D eigenvalue weighted by molar-refractivity contribution is 0.267. The molecule has 0 aromatic heterocycles. The van der Waals surface area contributed by atoms with Crippen molar-refractivity contribution in [1.82, 2.24) is 0 Å². The molecule has 0 fully saturated rings. The van der Waals surface area contributed by atoms with Gasteiger partial charge in [-0.2, -0.15) is 0 Å². The van der Waals surface area contributed by atoms with E-state index in [0.29, 0.717) is 0 Å². The minimum atomic E-state index is 0.171. The Hall–Kier alpha value is -0.530. The maximum Gasteiger partial charge on any atom is 0.189 e. The third kappa shape index (κ3) is 2.71. The van der Waals surface area contributed by atoms with Crippen LogP contribution in [0.25, 0.3) is 0 Å². The third-order valence-electron chi connectivity index (χ3n) is 2.98. The van der Waals surface area contributed by atoms with Crippen LogP contribution < -0.4 is 0 Å². The molecule has 0 saturated carbocycles. The first-order valence-electron chi connectivity index (χ1n) is 5.29. The molecule has 0 spiro atoms. The monoisotopic (exact) mass is 185 g/mol. The third-order valence-corrected chi connectivity index (χ3v) is 2.98. The average molecular weight is 185 g/mol. The molecule has 13 heavy (non-hydrogen) atoms. The van der Waals surface area contributed by atoms with E-state index in [-0.39, 0.29) is 5.41 Å². The van der Waals surface area contributed by atoms with Crippen molar-refractivity contribution in [3.05, 3.63) is 0 Å². The molecule has 0 atom stereocenters. The topological polar surface area (TPSA) is 21.6 Å². The molecule has 0 aliphatic rings. The van der Waals surface area contributed by atoms with Gasteiger partial charge in [0.1, 0.15) is 0 Å². The summed E-state index contributed by atoms with van der Waals surface area (Å²) in [5.74, 6) is 0.933. The van der Waals surface area contributed by atoms with Crippen molar-refractivity contribution in [1.29, 1.82) is 0 Å². The zero-order valence-corrected chi connectivity index (χ0v) is 9.68. The second kappa shape index (κ2) is 6.01. The molecule has 0 radical (unpaired) electrons. The lowest BCUT2D eigenvalue weighted by atomic mass is 9.79. The summed E-state index contributed by atoms with van der Waals surface area (Å²) < 4.78 is 5.38. The van der Waals surface area contributed by atoms with Crippen molar-refractivity contribution in [2.24, 2.45) is 10.4 Å². The lowest BCUT2D eigenvalue weighted by Crippen LogP contribution is -2.30. The van der Waals surface area contributed by atoms with Crippen LogP contribution in [0.4, 0.5) is 0 Å². The zero-order valence-electron chi connectivity index (χ0n) is 9.68. The van der Waals surface area contributed by atoms with Crippen molar-refractivity contribution in [2.45, 2.75) is 47.0 Å². The number of aliphatic imine (C=N–C) groups is 1. The average Bonchev–Trinajstić information content (AvgIpc) is 2.19. The van der Waals surface area contributed by atoms with Crippen LogP contribution in [0, 0.1) is 5.41 Å². The predicted octanol–water partition coefficient (Wildman–Crippen LogP) is 3.27. The molecule has 0 aliphatic heterocycles. The van der Waals surface area contributed by atoms with Gasteiger partial charge >= 0.3 is 0 Å². The summed E-state index contributed by atoms with van der Waals surface area (Å²) >= 11 is 0. The second-order valence-electron chi connectivity index (χ2n) is 3.32. The Labute approximate surface area is 82.4 Å². The lowest BCUT2D eigenvalue weighted by Gasteiger charge is -2.30. The van der Waals surface area contributed by atoms with E-state index in [1.165, 1.54) is 0 Å². The van der Waals surface area contributed by atoms with Gasteiger partial charge in [-0.1, -0.05) is 20.8 Å². The molecule has 0 bridgehead atoms. The Kier molecular flexibility index (Phi) is 5.76. The first-order chi connectivity index (χ1) is 6.20. The smallest absolute Gasteiger partial charge is 0.189 e. The number of rotatable bonds is 5. The van der Waals surface area contributed by atoms with Crippen LogP contribution in [0.1, 0.15) is 47.0 Å². The highest BCUT2D eigenvalue weighted by atomic mass is 16.5. The molecule has 2 heteroatoms. The van der Waals surface area contributed by atoms with Gasteiger partial charge in [-0.3, -0.25) is 4.99 Å². The molecule has 0 unspecified atom stereocenters. The highest BCUT2D eigenvalue weighted by molar-refractivity contribution is 5.82. The van der Waals surface area contributed by atoms with E-state index < -0.39 is 0 Å². The molecule has 0 amide bonds. The van der Waals surface area contributed by atoms with Crippen molar-refractivity contribution >= 4 is 5.90 Å². The number of ether oxygens (including phenoxy) is 1. The van der Waals surface area contributed by atoms with Crippen LogP contribution in [0.3, 0.4) is 0 Å². The molecule has 0 rings (SSSR count). The van der Waals surface area contributed by atoms with E-state index in [0.717, 1.165) is 31.7 Å². The van der Waals surface area contributed by atoms with Crippen molar-refractivity contribution in [2.75, 3.05) is 13.7 Å². The summed E-state index contributed by atoms with van der Waals surface area (Å²) in [5.41, 5.74) is 0.171. The molecule has 0 aromatic rings. The predicted molar refractivity (Wildman–Crippen MR) is 58.3 cm³/mol. The van der Waals surface area contributed by atoms with E-state index >= 15 is 0 Å². The molecule has 78 valence electrons. The van der Waals surface area contributed by atoms with Crippen LogP contribution >= 0.6 is 0 Å². The van der Waals surface area contributed by atoms with Gasteiger partial charge in [0.05, 0.1) is 7.11 Å². The first kappa shape index (κ1) is 12.5. The summed E-state index contributed by atoms with van der Waals surface area (Å²) in [4.78, 5) is 4.42. The number of hydrogen-bond acceptors (Lipinski definition) is 2. The van der Waals surface area contributed by atoms with Gasteiger partial charge in [0, 0.05) is 12.0 Å². The van der Waals surface area contributed by atoms with Gasteiger partial charge in [0.25, 0.3) is 0 Å². The van der Waals surface area contributed by atoms with Gasteiger partial charge < -0.3 is 4.74 Å². The standard InChI is InChI=1S/C11H23NO/c1-6-11(7-2,8-3)10(13-5)12-9-4/h6-9H2,1-5H3. The van der Waals surface area contributed by atoms with Gasteiger partial charge in [-0.15, -0.1) is 0 Å². The summed E-state index contributed by atoms with van der Waals surface area (Å²) in [5, 5.41) is 0. The van der Waals surface area contributed by atoms with Gasteiger partial charge in [0.15, 0.2) is 5.90 Å². The SMILES string of the molecule is CCN=C(OC)C(CC)(CC)CC. The minimum Gasteiger partial charge on any atom is -0.484 e. The van der Waals surface area contributed by atoms with Crippen molar-refractivity contribution < 1.29 is 4.74 Å². The van der Waals surface area contributed by atoms with Crippen LogP contribution in [0.2, 0.25) is 0 Å². The summed E-state index contributed by atoms with van der Waals surface area (Å²) in [7, 11) is 1.73. The van der Waals surface area contributed by atoms with Crippen LogP contribution in [-0.4, -0.2) is 19.6 Å². The zero-order chi connectivity index (χ0) is 10.3. The van der Waals surface area contributed by atoms with Crippen molar-refractivity contribution in [3.63, 3.8) is 0 Å². The maximum absolute atomic E-state index is 5.38. The molecule has 0 aliphatic carbocycles. The quantitative estimate of drug-likeness (QED) is 0.476. The van der Waals surface area contributed by atoms with Gasteiger partial charge in [0.2, 0.25) is 0 Å².